The summed E-state index contributed by atoms with van der Waals surface area (Å²) in [7, 11) is 0. The maximum Gasteiger partial charge on any atom is 0.250 e. The van der Waals surface area contributed by atoms with Gasteiger partial charge >= 0.3 is 0 Å². The molecule has 0 unspecified atom stereocenters. The number of nitrogens with two attached hydrogens (primary N) is 1. The van der Waals surface area contributed by atoms with E-state index in [0.29, 0.717) is 23.7 Å². The SMILES string of the molecule is CCOc1cccc(Oc2nnc(C)c(C)c2C(=N)N)c1. The minimum atomic E-state index is -0.0959. The van der Waals surface area contributed by atoms with E-state index in [1.165, 1.54) is 0 Å². The zero-order valence-corrected chi connectivity index (χ0v) is 12.3. The Bertz CT molecular complexity index is 671. The number of amidine groups is 1. The Morgan fingerprint density at radius 2 is 1.95 bits per heavy atom. The van der Waals surface area contributed by atoms with E-state index in [4.69, 9.17) is 20.6 Å². The van der Waals surface area contributed by atoms with Crippen molar-refractivity contribution in [2.24, 2.45) is 5.73 Å². The Hall–Kier alpha value is -2.63. The van der Waals surface area contributed by atoms with E-state index >= 15 is 0 Å². The molecule has 0 radical (unpaired) electrons. The van der Waals surface area contributed by atoms with E-state index < -0.39 is 0 Å². The van der Waals surface area contributed by atoms with Gasteiger partial charge in [0.15, 0.2) is 0 Å². The molecule has 1 heterocycles. The van der Waals surface area contributed by atoms with Crippen molar-refractivity contribution in [2.45, 2.75) is 20.8 Å². The molecule has 0 saturated heterocycles. The van der Waals surface area contributed by atoms with Crippen molar-refractivity contribution in [1.82, 2.24) is 10.2 Å². The van der Waals surface area contributed by atoms with Gasteiger partial charge in [0.2, 0.25) is 5.88 Å². The number of benzene rings is 1. The second-order valence-corrected chi connectivity index (χ2v) is 4.51. The number of rotatable bonds is 5. The fraction of sp³-hybridized carbons (Fsp3) is 0.267. The van der Waals surface area contributed by atoms with Crippen molar-refractivity contribution >= 4 is 5.84 Å². The molecular weight excluding hydrogens is 268 g/mol. The molecule has 3 N–H and O–H groups in total. The predicted octanol–water partition coefficient (Wildman–Crippen LogP) is 2.57. The summed E-state index contributed by atoms with van der Waals surface area (Å²) in [5, 5.41) is 15.7. The fourth-order valence-corrected chi connectivity index (χ4v) is 1.88. The molecule has 0 atom stereocenters. The molecule has 1 aromatic carbocycles. The number of hydrogen-bond donors (Lipinski definition) is 2. The molecule has 1 aromatic heterocycles. The number of aryl methyl sites for hydroxylation is 1. The van der Waals surface area contributed by atoms with Gasteiger partial charge in [-0.15, -0.1) is 5.10 Å². The minimum Gasteiger partial charge on any atom is -0.494 e. The van der Waals surface area contributed by atoms with Crippen LogP contribution in [0.2, 0.25) is 0 Å². The minimum absolute atomic E-state index is 0.0959. The van der Waals surface area contributed by atoms with Gasteiger partial charge in [-0.3, -0.25) is 5.41 Å². The molecule has 6 nitrogen and oxygen atoms in total. The molecule has 2 rings (SSSR count). The van der Waals surface area contributed by atoms with Crippen LogP contribution in [0.25, 0.3) is 0 Å². The summed E-state index contributed by atoms with van der Waals surface area (Å²) in [6, 6.07) is 7.20. The molecule has 21 heavy (non-hydrogen) atoms. The normalized spacial score (nSPS) is 10.2. The Morgan fingerprint density at radius 3 is 2.62 bits per heavy atom. The number of nitrogen functional groups attached to an aromatic ring is 1. The van der Waals surface area contributed by atoms with Gasteiger partial charge < -0.3 is 15.2 Å². The Labute approximate surface area is 123 Å². The summed E-state index contributed by atoms with van der Waals surface area (Å²) in [6.07, 6.45) is 0. The summed E-state index contributed by atoms with van der Waals surface area (Å²) < 4.78 is 11.1. The lowest BCUT2D eigenvalue weighted by Gasteiger charge is -2.12. The standard InChI is InChI=1S/C15H18N4O2/c1-4-20-11-6-5-7-12(8-11)21-15-13(14(16)17)9(2)10(3)18-19-15/h5-8H,4H2,1-3H3,(H3,16,17). The summed E-state index contributed by atoms with van der Waals surface area (Å²) in [5.41, 5.74) is 7.59. The number of aromatic nitrogens is 2. The molecule has 0 bridgehead atoms. The zero-order valence-electron chi connectivity index (χ0n) is 12.3. The van der Waals surface area contributed by atoms with Crippen LogP contribution in [0.1, 0.15) is 23.7 Å². The molecule has 2 aromatic rings. The van der Waals surface area contributed by atoms with Crippen molar-refractivity contribution < 1.29 is 9.47 Å². The third kappa shape index (κ3) is 3.28. The first kappa shape index (κ1) is 14.8. The third-order valence-corrected chi connectivity index (χ3v) is 3.02. The molecule has 0 saturated carbocycles. The molecule has 0 amide bonds. The predicted molar refractivity (Wildman–Crippen MR) is 80.2 cm³/mol. The summed E-state index contributed by atoms with van der Waals surface area (Å²) in [5.74, 6) is 1.39. The van der Waals surface area contributed by atoms with Gasteiger partial charge in [-0.1, -0.05) is 6.07 Å². The van der Waals surface area contributed by atoms with Gasteiger partial charge in [0, 0.05) is 6.07 Å². The van der Waals surface area contributed by atoms with Crippen LogP contribution in [0.4, 0.5) is 0 Å². The lowest BCUT2D eigenvalue weighted by atomic mass is 10.1. The van der Waals surface area contributed by atoms with Crippen LogP contribution in [0.15, 0.2) is 24.3 Å². The van der Waals surface area contributed by atoms with Gasteiger partial charge in [0.1, 0.15) is 17.3 Å². The van der Waals surface area contributed by atoms with Crippen molar-refractivity contribution in [2.75, 3.05) is 6.61 Å². The topological polar surface area (TPSA) is 94.1 Å². The highest BCUT2D eigenvalue weighted by Crippen LogP contribution is 2.27. The molecule has 0 aliphatic rings. The second-order valence-electron chi connectivity index (χ2n) is 4.51. The number of ether oxygens (including phenoxy) is 2. The quantitative estimate of drug-likeness (QED) is 0.650. The van der Waals surface area contributed by atoms with Crippen LogP contribution in [0.5, 0.6) is 17.4 Å². The van der Waals surface area contributed by atoms with Crippen molar-refractivity contribution in [3.8, 4) is 17.4 Å². The lowest BCUT2D eigenvalue weighted by Crippen LogP contribution is -2.16. The van der Waals surface area contributed by atoms with Gasteiger partial charge in [0.05, 0.1) is 17.9 Å². The van der Waals surface area contributed by atoms with Gasteiger partial charge in [-0.05, 0) is 38.5 Å². The summed E-state index contributed by atoms with van der Waals surface area (Å²) >= 11 is 0. The van der Waals surface area contributed by atoms with E-state index in [9.17, 15) is 0 Å². The zero-order chi connectivity index (χ0) is 15.4. The molecule has 110 valence electrons. The second kappa shape index (κ2) is 6.21. The van der Waals surface area contributed by atoms with E-state index in [1.54, 1.807) is 12.1 Å². The van der Waals surface area contributed by atoms with E-state index in [1.807, 2.05) is 32.9 Å². The van der Waals surface area contributed by atoms with Crippen molar-refractivity contribution in [1.29, 1.82) is 5.41 Å². The monoisotopic (exact) mass is 286 g/mol. The molecular formula is C15H18N4O2. The summed E-state index contributed by atoms with van der Waals surface area (Å²) in [4.78, 5) is 0. The van der Waals surface area contributed by atoms with Crippen LogP contribution in [0.3, 0.4) is 0 Å². The van der Waals surface area contributed by atoms with Crippen molar-refractivity contribution in [3.05, 3.63) is 41.1 Å². The lowest BCUT2D eigenvalue weighted by molar-refractivity contribution is 0.337. The third-order valence-electron chi connectivity index (χ3n) is 3.02. The van der Waals surface area contributed by atoms with Gasteiger partial charge in [0.25, 0.3) is 0 Å². The fourth-order valence-electron chi connectivity index (χ4n) is 1.88. The first-order valence-electron chi connectivity index (χ1n) is 6.62. The van der Waals surface area contributed by atoms with Gasteiger partial charge in [-0.2, -0.15) is 5.10 Å². The maximum absolute atomic E-state index is 7.69. The number of hydrogen-bond acceptors (Lipinski definition) is 5. The highest BCUT2D eigenvalue weighted by atomic mass is 16.5. The van der Waals surface area contributed by atoms with Crippen LogP contribution in [-0.4, -0.2) is 22.6 Å². The average Bonchev–Trinajstić information content (AvgIpc) is 2.43. The largest absolute Gasteiger partial charge is 0.494 e. The average molecular weight is 286 g/mol. The van der Waals surface area contributed by atoms with E-state index in [2.05, 4.69) is 10.2 Å². The van der Waals surface area contributed by atoms with Crippen LogP contribution < -0.4 is 15.2 Å². The molecule has 0 aliphatic carbocycles. The molecule has 6 heteroatoms. The van der Waals surface area contributed by atoms with Gasteiger partial charge in [-0.25, -0.2) is 0 Å². The molecule has 0 aliphatic heterocycles. The van der Waals surface area contributed by atoms with E-state index in [-0.39, 0.29) is 11.7 Å². The van der Waals surface area contributed by atoms with E-state index in [0.717, 1.165) is 11.3 Å². The Balaban J connectivity index is 2.37. The molecule has 0 spiro atoms. The highest BCUT2D eigenvalue weighted by Gasteiger charge is 2.16. The first-order chi connectivity index (χ1) is 10.0. The van der Waals surface area contributed by atoms with Crippen molar-refractivity contribution in [3.63, 3.8) is 0 Å². The summed E-state index contributed by atoms with van der Waals surface area (Å²) in [6.45, 7) is 6.14. The number of nitrogens with zero attached hydrogens (tertiary/aromatic N) is 2. The molecule has 0 fully saturated rings. The number of nitrogens with one attached hydrogen (secondary N) is 1. The highest BCUT2D eigenvalue weighted by molar-refractivity contribution is 5.98. The van der Waals surface area contributed by atoms with Crippen LogP contribution in [-0.2, 0) is 0 Å². The van der Waals surface area contributed by atoms with Crippen LogP contribution >= 0.6 is 0 Å². The Morgan fingerprint density at radius 1 is 1.24 bits per heavy atom. The smallest absolute Gasteiger partial charge is 0.250 e. The first-order valence-corrected chi connectivity index (χ1v) is 6.62. The maximum atomic E-state index is 7.69. The Kier molecular flexibility index (Phi) is 4.37. The van der Waals surface area contributed by atoms with Crippen LogP contribution in [0, 0.1) is 19.3 Å².